The number of hydrogen-bond acceptors (Lipinski definition) is 3. The van der Waals surface area contributed by atoms with Crippen LogP contribution >= 0.6 is 15.9 Å². The number of nitrogens with one attached hydrogen (secondary N) is 1. The zero-order valence-electron chi connectivity index (χ0n) is 13.4. The highest BCUT2D eigenvalue weighted by molar-refractivity contribution is 9.10. The normalized spacial score (nSPS) is 15.8. The molecule has 1 amide bonds. The van der Waals surface area contributed by atoms with E-state index in [9.17, 15) is 28.1 Å². The Labute approximate surface area is 151 Å². The SMILES string of the molecule is O=C(CCC1CCCCC1)Nc1c(Br)cc([N+](=O)[O-])cc1C(F)(F)F. The summed E-state index contributed by atoms with van der Waals surface area (Å²) in [6, 6.07) is 1.38. The van der Waals surface area contributed by atoms with E-state index in [1.165, 1.54) is 6.42 Å². The molecule has 1 aliphatic carbocycles. The van der Waals surface area contributed by atoms with Gasteiger partial charge in [0.05, 0.1) is 16.2 Å². The van der Waals surface area contributed by atoms with E-state index >= 15 is 0 Å². The molecule has 0 heterocycles. The fraction of sp³-hybridized carbons (Fsp3) is 0.562. The summed E-state index contributed by atoms with van der Waals surface area (Å²) in [7, 11) is 0. The number of nitrogens with zero attached hydrogens (tertiary/aromatic N) is 1. The van der Waals surface area contributed by atoms with E-state index in [1.807, 2.05) is 0 Å². The minimum atomic E-state index is -4.82. The number of alkyl halides is 3. The van der Waals surface area contributed by atoms with Gasteiger partial charge < -0.3 is 5.32 Å². The van der Waals surface area contributed by atoms with Gasteiger partial charge in [0.1, 0.15) is 0 Å². The van der Waals surface area contributed by atoms with Gasteiger partial charge in [-0.05, 0) is 28.3 Å². The molecular weight excluding hydrogens is 405 g/mol. The van der Waals surface area contributed by atoms with E-state index in [1.54, 1.807) is 0 Å². The van der Waals surface area contributed by atoms with Crippen molar-refractivity contribution in [3.8, 4) is 0 Å². The van der Waals surface area contributed by atoms with Crippen LogP contribution in [-0.4, -0.2) is 10.8 Å². The van der Waals surface area contributed by atoms with Crippen LogP contribution in [0.5, 0.6) is 0 Å². The maximum atomic E-state index is 13.2. The minimum absolute atomic E-state index is 0.130. The van der Waals surface area contributed by atoms with Crippen LogP contribution in [0.15, 0.2) is 16.6 Å². The van der Waals surface area contributed by atoms with E-state index in [2.05, 4.69) is 21.2 Å². The fourth-order valence-corrected chi connectivity index (χ4v) is 3.61. The first-order valence-electron chi connectivity index (χ1n) is 8.03. The van der Waals surface area contributed by atoms with E-state index in [-0.39, 0.29) is 10.9 Å². The van der Waals surface area contributed by atoms with Crippen LogP contribution in [0.2, 0.25) is 0 Å². The van der Waals surface area contributed by atoms with Gasteiger partial charge in [0.2, 0.25) is 5.91 Å². The third-order valence-electron chi connectivity index (χ3n) is 4.36. The van der Waals surface area contributed by atoms with Crippen molar-refractivity contribution in [1.29, 1.82) is 0 Å². The lowest BCUT2D eigenvalue weighted by Crippen LogP contribution is -2.18. The van der Waals surface area contributed by atoms with Crippen molar-refractivity contribution in [1.82, 2.24) is 0 Å². The van der Waals surface area contributed by atoms with Crippen molar-refractivity contribution in [2.45, 2.75) is 51.1 Å². The van der Waals surface area contributed by atoms with Crippen LogP contribution in [0.25, 0.3) is 0 Å². The average Bonchev–Trinajstić information content (AvgIpc) is 2.54. The lowest BCUT2D eigenvalue weighted by molar-refractivity contribution is -0.385. The lowest BCUT2D eigenvalue weighted by Gasteiger charge is -2.21. The van der Waals surface area contributed by atoms with Crippen molar-refractivity contribution in [2.75, 3.05) is 5.32 Å². The number of benzene rings is 1. The van der Waals surface area contributed by atoms with Crippen LogP contribution in [0, 0.1) is 16.0 Å². The van der Waals surface area contributed by atoms with Gasteiger partial charge in [0.15, 0.2) is 0 Å². The Morgan fingerprint density at radius 1 is 1.28 bits per heavy atom. The highest BCUT2D eigenvalue weighted by atomic mass is 79.9. The molecule has 0 aliphatic heterocycles. The summed E-state index contributed by atoms with van der Waals surface area (Å²) in [6.45, 7) is 0. The number of carbonyl (C=O) groups is 1. The van der Waals surface area contributed by atoms with Gasteiger partial charge in [-0.3, -0.25) is 14.9 Å². The Bertz CT molecular complexity index is 659. The molecule has 0 aromatic heterocycles. The number of amides is 1. The zero-order valence-corrected chi connectivity index (χ0v) is 15.0. The van der Waals surface area contributed by atoms with Gasteiger partial charge in [0, 0.05) is 23.0 Å². The molecule has 1 aromatic carbocycles. The standard InChI is InChI=1S/C16H18BrF3N2O3/c17-13-9-11(22(24)25)8-12(16(18,19)20)15(13)21-14(23)7-6-10-4-2-1-3-5-10/h8-10H,1-7H2,(H,21,23). The molecule has 0 unspecified atom stereocenters. The maximum Gasteiger partial charge on any atom is 0.418 e. The Morgan fingerprint density at radius 3 is 2.48 bits per heavy atom. The molecule has 1 N–H and O–H groups in total. The molecule has 1 fully saturated rings. The second-order valence-electron chi connectivity index (χ2n) is 6.20. The first-order valence-corrected chi connectivity index (χ1v) is 8.82. The van der Waals surface area contributed by atoms with Crippen LogP contribution in [0.4, 0.5) is 24.5 Å². The van der Waals surface area contributed by atoms with Gasteiger partial charge in [-0.1, -0.05) is 32.1 Å². The van der Waals surface area contributed by atoms with Gasteiger partial charge in [-0.15, -0.1) is 0 Å². The first-order chi connectivity index (χ1) is 11.7. The van der Waals surface area contributed by atoms with Crippen LogP contribution in [0.1, 0.15) is 50.5 Å². The molecule has 0 atom stereocenters. The van der Waals surface area contributed by atoms with Crippen LogP contribution < -0.4 is 5.32 Å². The predicted molar refractivity (Wildman–Crippen MR) is 90.2 cm³/mol. The molecule has 5 nitrogen and oxygen atoms in total. The summed E-state index contributed by atoms with van der Waals surface area (Å²) in [5.41, 5.74) is -2.41. The Morgan fingerprint density at radius 2 is 1.92 bits per heavy atom. The molecular formula is C16H18BrF3N2O3. The zero-order chi connectivity index (χ0) is 18.6. The molecule has 0 radical (unpaired) electrons. The van der Waals surface area contributed by atoms with Crippen molar-refractivity contribution in [3.63, 3.8) is 0 Å². The monoisotopic (exact) mass is 422 g/mol. The van der Waals surface area contributed by atoms with Gasteiger partial charge in [0.25, 0.3) is 5.69 Å². The Kier molecular flexibility index (Phi) is 6.42. The topological polar surface area (TPSA) is 72.2 Å². The molecule has 0 spiro atoms. The number of halogens is 4. The number of carbonyl (C=O) groups excluding carboxylic acids is 1. The third kappa shape index (κ3) is 5.42. The smallest absolute Gasteiger partial charge is 0.325 e. The molecule has 2 rings (SSSR count). The molecule has 0 bridgehead atoms. The lowest BCUT2D eigenvalue weighted by atomic mass is 9.86. The molecule has 138 valence electrons. The van der Waals surface area contributed by atoms with Gasteiger partial charge in [-0.25, -0.2) is 0 Å². The van der Waals surface area contributed by atoms with E-state index in [0.29, 0.717) is 18.4 Å². The molecule has 1 aromatic rings. The first kappa shape index (κ1) is 19.7. The van der Waals surface area contributed by atoms with E-state index in [0.717, 1.165) is 31.7 Å². The Hall–Kier alpha value is -1.64. The summed E-state index contributed by atoms with van der Waals surface area (Å²) in [6.07, 6.45) is 1.47. The maximum absolute atomic E-state index is 13.2. The second-order valence-corrected chi connectivity index (χ2v) is 7.05. The van der Waals surface area contributed by atoms with Crippen molar-refractivity contribution < 1.29 is 22.9 Å². The van der Waals surface area contributed by atoms with Gasteiger partial charge in [-0.2, -0.15) is 13.2 Å². The Balaban J connectivity index is 2.14. The summed E-state index contributed by atoms with van der Waals surface area (Å²) in [5.74, 6) is -0.0903. The summed E-state index contributed by atoms with van der Waals surface area (Å²) in [5, 5.41) is 13.0. The number of nitro benzene ring substituents is 1. The largest absolute Gasteiger partial charge is 0.418 e. The number of rotatable bonds is 5. The quantitative estimate of drug-likeness (QED) is 0.490. The molecule has 9 heteroatoms. The summed E-state index contributed by atoms with van der Waals surface area (Å²) in [4.78, 5) is 21.9. The fourth-order valence-electron chi connectivity index (χ4n) is 3.06. The highest BCUT2D eigenvalue weighted by Gasteiger charge is 2.37. The minimum Gasteiger partial charge on any atom is -0.325 e. The summed E-state index contributed by atoms with van der Waals surface area (Å²) >= 11 is 2.90. The van der Waals surface area contributed by atoms with Crippen molar-refractivity contribution in [3.05, 3.63) is 32.3 Å². The molecule has 1 saturated carbocycles. The van der Waals surface area contributed by atoms with E-state index in [4.69, 9.17) is 0 Å². The van der Waals surface area contributed by atoms with Crippen LogP contribution in [0.3, 0.4) is 0 Å². The van der Waals surface area contributed by atoms with Crippen molar-refractivity contribution in [2.24, 2.45) is 5.92 Å². The third-order valence-corrected chi connectivity index (χ3v) is 4.99. The number of anilines is 1. The number of non-ortho nitro benzene ring substituents is 1. The molecule has 0 saturated heterocycles. The number of nitro groups is 1. The predicted octanol–water partition coefficient (Wildman–Crippen LogP) is 5.68. The van der Waals surface area contributed by atoms with E-state index < -0.39 is 33.9 Å². The average molecular weight is 423 g/mol. The van der Waals surface area contributed by atoms with Gasteiger partial charge >= 0.3 is 6.18 Å². The summed E-state index contributed by atoms with van der Waals surface area (Å²) < 4.78 is 39.4. The number of hydrogen-bond donors (Lipinski definition) is 1. The molecule has 25 heavy (non-hydrogen) atoms. The second kappa shape index (κ2) is 8.16. The van der Waals surface area contributed by atoms with Crippen molar-refractivity contribution >= 4 is 33.2 Å². The van der Waals surface area contributed by atoms with Crippen LogP contribution in [-0.2, 0) is 11.0 Å². The highest BCUT2D eigenvalue weighted by Crippen LogP contribution is 2.41. The molecule has 1 aliphatic rings.